The van der Waals surface area contributed by atoms with Gasteiger partial charge in [0.1, 0.15) is 5.75 Å². The molecule has 1 saturated heterocycles. The van der Waals surface area contributed by atoms with Gasteiger partial charge >= 0.3 is 0 Å². The lowest BCUT2D eigenvalue weighted by atomic mass is 10.2. The molecule has 2 heterocycles. The molecule has 33 heavy (non-hydrogen) atoms. The number of rotatable bonds is 7. The van der Waals surface area contributed by atoms with Crippen molar-refractivity contribution in [2.24, 2.45) is 0 Å². The number of nitrogens with zero attached hydrogens (tertiary/aromatic N) is 5. The fourth-order valence-corrected chi connectivity index (χ4v) is 4.85. The molecule has 0 radical (unpaired) electrons. The van der Waals surface area contributed by atoms with Gasteiger partial charge in [-0.2, -0.15) is 0 Å². The Balaban J connectivity index is 1.86. The zero-order valence-corrected chi connectivity index (χ0v) is 20.5. The van der Waals surface area contributed by atoms with Gasteiger partial charge in [-0.15, -0.1) is 5.10 Å². The third-order valence-corrected chi connectivity index (χ3v) is 7.66. The van der Waals surface area contributed by atoms with Gasteiger partial charge in [0, 0.05) is 38.8 Å². The summed E-state index contributed by atoms with van der Waals surface area (Å²) in [5, 5.41) is 4.82. The van der Waals surface area contributed by atoms with Gasteiger partial charge in [-0.25, -0.2) is 17.4 Å². The minimum absolute atomic E-state index is 0.191. The van der Waals surface area contributed by atoms with E-state index in [1.165, 1.54) is 18.4 Å². The predicted molar refractivity (Wildman–Crippen MR) is 128 cm³/mol. The SMILES string of the molecule is COc1cccc(-n2c(-c3cccc(S(=O)(=O)N(C)C)c3)nn(CN3CCOCC3)c2=S)c1. The summed E-state index contributed by atoms with van der Waals surface area (Å²) in [5.41, 5.74) is 1.43. The van der Waals surface area contributed by atoms with E-state index in [1.54, 1.807) is 30.0 Å². The van der Waals surface area contributed by atoms with E-state index in [-0.39, 0.29) is 4.90 Å². The second-order valence-electron chi connectivity index (χ2n) is 7.83. The summed E-state index contributed by atoms with van der Waals surface area (Å²) in [4.78, 5) is 2.41. The molecule has 1 aliphatic rings. The third-order valence-electron chi connectivity index (χ3n) is 5.46. The van der Waals surface area contributed by atoms with Crippen LogP contribution in [-0.4, -0.2) is 79.5 Å². The molecule has 176 valence electrons. The predicted octanol–water partition coefficient (Wildman–Crippen LogP) is 2.62. The van der Waals surface area contributed by atoms with Crippen molar-refractivity contribution < 1.29 is 17.9 Å². The van der Waals surface area contributed by atoms with Crippen molar-refractivity contribution in [3.8, 4) is 22.8 Å². The van der Waals surface area contributed by atoms with E-state index < -0.39 is 10.0 Å². The topological polar surface area (TPSA) is 81.8 Å². The Hall–Kier alpha value is -2.57. The van der Waals surface area contributed by atoms with Crippen LogP contribution in [0.4, 0.5) is 0 Å². The lowest BCUT2D eigenvalue weighted by molar-refractivity contribution is 0.0210. The van der Waals surface area contributed by atoms with Crippen LogP contribution in [0.15, 0.2) is 53.4 Å². The first-order chi connectivity index (χ1) is 15.8. The van der Waals surface area contributed by atoms with Crippen molar-refractivity contribution in [2.45, 2.75) is 11.6 Å². The highest BCUT2D eigenvalue weighted by atomic mass is 32.2. The highest BCUT2D eigenvalue weighted by Gasteiger charge is 2.21. The molecule has 3 aromatic rings. The van der Waals surface area contributed by atoms with E-state index in [0.717, 1.165) is 18.8 Å². The van der Waals surface area contributed by atoms with Crippen molar-refractivity contribution in [1.29, 1.82) is 0 Å². The fraction of sp³-hybridized carbons (Fsp3) is 0.364. The molecule has 4 rings (SSSR count). The van der Waals surface area contributed by atoms with Crippen molar-refractivity contribution in [2.75, 3.05) is 47.5 Å². The van der Waals surface area contributed by atoms with Crippen LogP contribution >= 0.6 is 12.2 Å². The molecular formula is C22H27N5O4S2. The molecule has 9 nitrogen and oxygen atoms in total. The van der Waals surface area contributed by atoms with Gasteiger partial charge in [-0.1, -0.05) is 18.2 Å². The monoisotopic (exact) mass is 489 g/mol. The van der Waals surface area contributed by atoms with Crippen molar-refractivity contribution in [3.63, 3.8) is 0 Å². The van der Waals surface area contributed by atoms with Crippen LogP contribution in [0.3, 0.4) is 0 Å². The second kappa shape index (κ2) is 9.74. The summed E-state index contributed by atoms with van der Waals surface area (Å²) < 4.78 is 41.6. The molecule has 0 amide bonds. The number of hydrogen-bond acceptors (Lipinski definition) is 7. The Kier molecular flexibility index (Phi) is 6.96. The van der Waals surface area contributed by atoms with E-state index in [1.807, 2.05) is 34.9 Å². The van der Waals surface area contributed by atoms with E-state index in [0.29, 0.717) is 41.8 Å². The first-order valence-corrected chi connectivity index (χ1v) is 12.3. The van der Waals surface area contributed by atoms with Gasteiger partial charge in [0.25, 0.3) is 0 Å². The molecule has 2 aromatic carbocycles. The zero-order chi connectivity index (χ0) is 23.6. The molecule has 0 atom stereocenters. The van der Waals surface area contributed by atoms with Crippen LogP contribution in [0.1, 0.15) is 0 Å². The maximum atomic E-state index is 12.7. The molecule has 1 aromatic heterocycles. The van der Waals surface area contributed by atoms with Gasteiger partial charge in [0.15, 0.2) is 5.82 Å². The van der Waals surface area contributed by atoms with E-state index >= 15 is 0 Å². The van der Waals surface area contributed by atoms with Crippen LogP contribution in [0.5, 0.6) is 5.75 Å². The average molecular weight is 490 g/mol. The van der Waals surface area contributed by atoms with E-state index in [9.17, 15) is 8.42 Å². The second-order valence-corrected chi connectivity index (χ2v) is 10.3. The summed E-state index contributed by atoms with van der Waals surface area (Å²) in [6.45, 7) is 3.43. The number of sulfonamides is 1. The Morgan fingerprint density at radius 2 is 1.85 bits per heavy atom. The number of methoxy groups -OCH3 is 1. The van der Waals surface area contributed by atoms with Crippen LogP contribution in [-0.2, 0) is 21.4 Å². The van der Waals surface area contributed by atoms with E-state index in [4.69, 9.17) is 26.8 Å². The maximum absolute atomic E-state index is 12.7. The first-order valence-electron chi connectivity index (χ1n) is 10.5. The normalized spacial score (nSPS) is 15.2. The Morgan fingerprint density at radius 3 is 2.55 bits per heavy atom. The lowest BCUT2D eigenvalue weighted by Gasteiger charge is -2.26. The molecular weight excluding hydrogens is 462 g/mol. The highest BCUT2D eigenvalue weighted by molar-refractivity contribution is 7.89. The molecule has 0 bridgehead atoms. The number of hydrogen-bond donors (Lipinski definition) is 0. The molecule has 0 spiro atoms. The van der Waals surface area contributed by atoms with E-state index in [2.05, 4.69) is 4.90 Å². The Bertz CT molecular complexity index is 1290. The molecule has 11 heteroatoms. The third kappa shape index (κ3) is 4.87. The average Bonchev–Trinajstić information content (AvgIpc) is 3.15. The molecule has 0 saturated carbocycles. The number of aromatic nitrogens is 3. The van der Waals surface area contributed by atoms with Gasteiger partial charge in [-0.05, 0) is 36.5 Å². The Morgan fingerprint density at radius 1 is 1.12 bits per heavy atom. The fourth-order valence-electron chi connectivity index (χ4n) is 3.61. The van der Waals surface area contributed by atoms with Gasteiger partial charge in [0.05, 0.1) is 37.6 Å². The Labute approximate surface area is 198 Å². The summed E-state index contributed by atoms with van der Waals surface area (Å²) in [6, 6.07) is 14.3. The number of morpholine rings is 1. The van der Waals surface area contributed by atoms with Gasteiger partial charge in [-0.3, -0.25) is 9.47 Å². The summed E-state index contributed by atoms with van der Waals surface area (Å²) in [5.74, 6) is 1.24. The largest absolute Gasteiger partial charge is 0.497 e. The van der Waals surface area contributed by atoms with Crippen molar-refractivity contribution in [3.05, 3.63) is 53.3 Å². The van der Waals surface area contributed by atoms with Crippen molar-refractivity contribution in [1.82, 2.24) is 23.6 Å². The molecule has 1 fully saturated rings. The molecule has 0 unspecified atom stereocenters. The summed E-state index contributed by atoms with van der Waals surface area (Å²) in [7, 11) is 1.03. The number of benzene rings is 2. The van der Waals surface area contributed by atoms with Crippen molar-refractivity contribution >= 4 is 22.2 Å². The van der Waals surface area contributed by atoms with Crippen LogP contribution < -0.4 is 4.74 Å². The number of ether oxygens (including phenoxy) is 2. The van der Waals surface area contributed by atoms with Gasteiger partial charge < -0.3 is 9.47 Å². The first kappa shape index (κ1) is 23.6. The van der Waals surface area contributed by atoms with Crippen LogP contribution in [0.25, 0.3) is 17.1 Å². The van der Waals surface area contributed by atoms with Gasteiger partial charge in [0.2, 0.25) is 14.8 Å². The van der Waals surface area contributed by atoms with Crippen LogP contribution in [0, 0.1) is 4.77 Å². The molecule has 0 N–H and O–H groups in total. The molecule has 1 aliphatic heterocycles. The lowest BCUT2D eigenvalue weighted by Crippen LogP contribution is -2.37. The quantitative estimate of drug-likeness (QED) is 0.472. The maximum Gasteiger partial charge on any atom is 0.242 e. The minimum Gasteiger partial charge on any atom is -0.497 e. The summed E-state index contributed by atoms with van der Waals surface area (Å²) in [6.07, 6.45) is 0. The standard InChI is InChI=1S/C22H27N5O4S2/c1-24(2)33(28,29)20-9-4-6-17(14-20)21-23-26(16-25-10-12-31-13-11-25)22(32)27(21)18-7-5-8-19(15-18)30-3/h4-9,14-15H,10-13,16H2,1-3H3. The zero-order valence-electron chi connectivity index (χ0n) is 18.8. The smallest absolute Gasteiger partial charge is 0.242 e. The minimum atomic E-state index is -3.60. The summed E-state index contributed by atoms with van der Waals surface area (Å²) >= 11 is 5.83. The molecule has 0 aliphatic carbocycles. The van der Waals surface area contributed by atoms with Crippen LogP contribution in [0.2, 0.25) is 0 Å². The highest BCUT2D eigenvalue weighted by Crippen LogP contribution is 2.27.